The number of carbonyl (C=O) groups excluding carboxylic acids is 1. The van der Waals surface area contributed by atoms with E-state index in [2.05, 4.69) is 36.5 Å². The zero-order valence-electron chi connectivity index (χ0n) is 13.2. The molecular weight excluding hydrogens is 260 g/mol. The van der Waals surface area contributed by atoms with Gasteiger partial charge in [-0.25, -0.2) is 0 Å². The molecule has 1 aromatic rings. The molecule has 1 aliphatic rings. The smallest absolute Gasteiger partial charge is 0.222 e. The van der Waals surface area contributed by atoms with Crippen LogP contribution in [0.2, 0.25) is 0 Å². The van der Waals surface area contributed by atoms with Crippen LogP contribution in [0.4, 0.5) is 0 Å². The van der Waals surface area contributed by atoms with Crippen LogP contribution in [0.3, 0.4) is 0 Å². The number of nitrogens with zero attached hydrogens (tertiary/aromatic N) is 1. The Balaban J connectivity index is 1.72. The highest BCUT2D eigenvalue weighted by Gasteiger charge is 2.19. The van der Waals surface area contributed by atoms with Crippen LogP contribution in [-0.4, -0.2) is 37.0 Å². The van der Waals surface area contributed by atoms with Crippen molar-refractivity contribution in [2.75, 3.05) is 26.2 Å². The molecule has 0 spiro atoms. The van der Waals surface area contributed by atoms with Crippen molar-refractivity contribution in [1.82, 2.24) is 10.2 Å². The van der Waals surface area contributed by atoms with Gasteiger partial charge in [0.1, 0.15) is 0 Å². The lowest BCUT2D eigenvalue weighted by atomic mass is 9.99. The van der Waals surface area contributed by atoms with Crippen molar-refractivity contribution < 1.29 is 4.79 Å². The Kier molecular flexibility index (Phi) is 6.74. The highest BCUT2D eigenvalue weighted by molar-refractivity contribution is 5.76. The number of piperidine rings is 1. The molecule has 1 fully saturated rings. The summed E-state index contributed by atoms with van der Waals surface area (Å²) in [5.74, 6) is 0.954. The fraction of sp³-hybridized carbons (Fsp3) is 0.611. The molecule has 1 heterocycles. The summed E-state index contributed by atoms with van der Waals surface area (Å²) in [4.78, 5) is 14.4. The van der Waals surface area contributed by atoms with Crippen molar-refractivity contribution in [3.8, 4) is 0 Å². The van der Waals surface area contributed by atoms with Gasteiger partial charge in [-0.3, -0.25) is 4.79 Å². The van der Waals surface area contributed by atoms with E-state index in [4.69, 9.17) is 0 Å². The molecule has 0 aromatic heterocycles. The molecule has 1 unspecified atom stereocenters. The van der Waals surface area contributed by atoms with Crippen LogP contribution in [0.25, 0.3) is 0 Å². The predicted octanol–water partition coefficient (Wildman–Crippen LogP) is 2.86. The molecule has 1 aliphatic heterocycles. The average Bonchev–Trinajstić information content (AvgIpc) is 2.54. The summed E-state index contributed by atoms with van der Waals surface area (Å²) in [5, 5.41) is 3.43. The molecule has 1 atom stereocenters. The number of amides is 1. The molecular formula is C18H28N2O. The lowest BCUT2D eigenvalue weighted by Gasteiger charge is -2.29. The maximum absolute atomic E-state index is 12.3. The molecule has 0 radical (unpaired) electrons. The van der Waals surface area contributed by atoms with E-state index in [1.54, 1.807) is 0 Å². The first-order valence-electron chi connectivity index (χ1n) is 8.32. The van der Waals surface area contributed by atoms with Crippen LogP contribution in [0.1, 0.15) is 38.2 Å². The van der Waals surface area contributed by atoms with Crippen LogP contribution in [0, 0.1) is 5.92 Å². The standard InChI is InChI=1S/C18H28N2O/c1-2-20(15-17-11-7-13-19-14-17)18(21)12-6-10-16-8-4-3-5-9-16/h3-5,8-9,17,19H,2,6-7,10-15H2,1H3. The van der Waals surface area contributed by atoms with Crippen molar-refractivity contribution in [2.45, 2.75) is 39.0 Å². The molecule has 0 saturated carbocycles. The quantitative estimate of drug-likeness (QED) is 0.837. The number of hydrogen-bond donors (Lipinski definition) is 1. The van der Waals surface area contributed by atoms with Crippen LogP contribution < -0.4 is 5.32 Å². The molecule has 1 amide bonds. The largest absolute Gasteiger partial charge is 0.343 e. The van der Waals surface area contributed by atoms with E-state index in [0.717, 1.165) is 39.0 Å². The van der Waals surface area contributed by atoms with Crippen molar-refractivity contribution in [3.63, 3.8) is 0 Å². The van der Waals surface area contributed by atoms with Gasteiger partial charge in [0.15, 0.2) is 0 Å². The van der Waals surface area contributed by atoms with Gasteiger partial charge in [0.25, 0.3) is 0 Å². The number of carbonyl (C=O) groups is 1. The van der Waals surface area contributed by atoms with Gasteiger partial charge in [0.05, 0.1) is 0 Å². The Bertz CT molecular complexity index is 412. The van der Waals surface area contributed by atoms with Crippen LogP contribution in [-0.2, 0) is 11.2 Å². The number of rotatable bonds is 7. The van der Waals surface area contributed by atoms with E-state index in [0.29, 0.717) is 18.2 Å². The molecule has 1 saturated heterocycles. The fourth-order valence-corrected chi connectivity index (χ4v) is 3.05. The van der Waals surface area contributed by atoms with Crippen LogP contribution >= 0.6 is 0 Å². The molecule has 3 nitrogen and oxygen atoms in total. The summed E-state index contributed by atoms with van der Waals surface area (Å²) >= 11 is 0. The molecule has 3 heteroatoms. The second kappa shape index (κ2) is 8.83. The van der Waals surface area contributed by atoms with Gasteiger partial charge >= 0.3 is 0 Å². The molecule has 116 valence electrons. The Hall–Kier alpha value is -1.35. The number of benzene rings is 1. The summed E-state index contributed by atoms with van der Waals surface area (Å²) in [6, 6.07) is 10.4. The van der Waals surface area contributed by atoms with E-state index in [-0.39, 0.29) is 0 Å². The first-order valence-corrected chi connectivity index (χ1v) is 8.32. The second-order valence-corrected chi connectivity index (χ2v) is 5.98. The second-order valence-electron chi connectivity index (χ2n) is 5.98. The fourth-order valence-electron chi connectivity index (χ4n) is 3.05. The van der Waals surface area contributed by atoms with Crippen molar-refractivity contribution in [3.05, 3.63) is 35.9 Å². The third-order valence-electron chi connectivity index (χ3n) is 4.31. The summed E-state index contributed by atoms with van der Waals surface area (Å²) in [5.41, 5.74) is 1.32. The maximum Gasteiger partial charge on any atom is 0.222 e. The Labute approximate surface area is 128 Å². The van der Waals surface area contributed by atoms with Gasteiger partial charge in [-0.05, 0) is 57.2 Å². The van der Waals surface area contributed by atoms with Crippen molar-refractivity contribution in [2.24, 2.45) is 5.92 Å². The number of hydrogen-bond acceptors (Lipinski definition) is 2. The van der Waals surface area contributed by atoms with Gasteiger partial charge in [0, 0.05) is 19.5 Å². The van der Waals surface area contributed by atoms with E-state index < -0.39 is 0 Å². The third-order valence-corrected chi connectivity index (χ3v) is 4.31. The van der Waals surface area contributed by atoms with Gasteiger partial charge in [0.2, 0.25) is 5.91 Å². The lowest BCUT2D eigenvalue weighted by Crippen LogP contribution is -2.40. The normalized spacial score (nSPS) is 18.4. The van der Waals surface area contributed by atoms with Gasteiger partial charge in [-0.2, -0.15) is 0 Å². The minimum absolute atomic E-state index is 0.319. The summed E-state index contributed by atoms with van der Waals surface area (Å²) in [6.45, 7) is 6.04. The van der Waals surface area contributed by atoms with Crippen molar-refractivity contribution >= 4 is 5.91 Å². The predicted molar refractivity (Wildman–Crippen MR) is 87.2 cm³/mol. The van der Waals surface area contributed by atoms with Gasteiger partial charge in [-0.15, -0.1) is 0 Å². The van der Waals surface area contributed by atoms with Gasteiger partial charge < -0.3 is 10.2 Å². The molecule has 0 aliphatic carbocycles. The van der Waals surface area contributed by atoms with Gasteiger partial charge in [-0.1, -0.05) is 30.3 Å². The number of nitrogens with one attached hydrogen (secondary N) is 1. The minimum Gasteiger partial charge on any atom is -0.343 e. The van der Waals surface area contributed by atoms with E-state index >= 15 is 0 Å². The van der Waals surface area contributed by atoms with Crippen LogP contribution in [0.5, 0.6) is 0 Å². The SMILES string of the molecule is CCN(CC1CCCNC1)C(=O)CCCc1ccccc1. The topological polar surface area (TPSA) is 32.3 Å². The number of aryl methyl sites for hydroxylation is 1. The monoisotopic (exact) mass is 288 g/mol. The Morgan fingerprint density at radius 1 is 1.33 bits per heavy atom. The maximum atomic E-state index is 12.3. The zero-order valence-corrected chi connectivity index (χ0v) is 13.2. The molecule has 1 N–H and O–H groups in total. The summed E-state index contributed by atoms with van der Waals surface area (Å²) in [7, 11) is 0. The third kappa shape index (κ3) is 5.50. The molecule has 2 rings (SSSR count). The van der Waals surface area contributed by atoms with Crippen LogP contribution in [0.15, 0.2) is 30.3 Å². The first kappa shape index (κ1) is 16.0. The molecule has 1 aromatic carbocycles. The highest BCUT2D eigenvalue weighted by Crippen LogP contribution is 2.13. The Morgan fingerprint density at radius 2 is 2.14 bits per heavy atom. The average molecular weight is 288 g/mol. The zero-order chi connectivity index (χ0) is 14.9. The first-order chi connectivity index (χ1) is 10.3. The summed E-state index contributed by atoms with van der Waals surface area (Å²) in [6.07, 6.45) is 5.10. The van der Waals surface area contributed by atoms with Crippen molar-refractivity contribution in [1.29, 1.82) is 0 Å². The molecule has 0 bridgehead atoms. The molecule has 21 heavy (non-hydrogen) atoms. The van der Waals surface area contributed by atoms with E-state index in [1.165, 1.54) is 18.4 Å². The summed E-state index contributed by atoms with van der Waals surface area (Å²) < 4.78 is 0. The highest BCUT2D eigenvalue weighted by atomic mass is 16.2. The van der Waals surface area contributed by atoms with E-state index in [1.807, 2.05) is 11.0 Å². The van der Waals surface area contributed by atoms with E-state index in [9.17, 15) is 4.79 Å². The minimum atomic E-state index is 0.319. The lowest BCUT2D eigenvalue weighted by molar-refractivity contribution is -0.131. The Morgan fingerprint density at radius 3 is 2.81 bits per heavy atom.